The summed E-state index contributed by atoms with van der Waals surface area (Å²) in [4.78, 5) is 27.5. The Hall–Kier alpha value is -5.22. The molecule has 0 fully saturated rings. The predicted octanol–water partition coefficient (Wildman–Crippen LogP) is 4.91. The lowest BCUT2D eigenvalue weighted by atomic mass is 9.99. The Bertz CT molecular complexity index is 1700. The number of benzene rings is 4. The molecule has 5 aromatic rings. The second-order valence-electron chi connectivity index (χ2n) is 9.16. The van der Waals surface area contributed by atoms with Crippen LogP contribution in [0.15, 0.2) is 120 Å². The minimum absolute atomic E-state index is 0.00636. The molecule has 7 nitrogen and oxygen atoms in total. The van der Waals surface area contributed by atoms with Gasteiger partial charge in [-0.2, -0.15) is 0 Å². The average Bonchev–Trinajstić information content (AvgIpc) is 3.42. The van der Waals surface area contributed by atoms with Crippen molar-refractivity contribution in [2.75, 3.05) is 14.2 Å². The molecule has 5 rings (SSSR count). The van der Waals surface area contributed by atoms with E-state index in [0.29, 0.717) is 5.30 Å². The highest BCUT2D eigenvalue weighted by molar-refractivity contribution is 8.01. The zero-order valence-electron chi connectivity index (χ0n) is 22.9. The lowest BCUT2D eigenvalue weighted by Crippen LogP contribution is -2.40. The van der Waals surface area contributed by atoms with E-state index < -0.39 is 19.0 Å². The summed E-state index contributed by atoms with van der Waals surface area (Å²) >= 11 is 0. The van der Waals surface area contributed by atoms with Crippen LogP contribution in [0, 0.1) is 5.41 Å². The van der Waals surface area contributed by atoms with E-state index in [-0.39, 0.29) is 34.2 Å². The van der Waals surface area contributed by atoms with Gasteiger partial charge in [0.1, 0.15) is 27.2 Å². The van der Waals surface area contributed by atoms with Crippen LogP contribution in [-0.4, -0.2) is 36.9 Å². The van der Waals surface area contributed by atoms with Gasteiger partial charge < -0.3 is 19.0 Å². The van der Waals surface area contributed by atoms with Crippen molar-refractivity contribution in [2.24, 2.45) is 0 Å². The Balaban J connectivity index is 1.95. The third-order valence-electron chi connectivity index (χ3n) is 6.92. The van der Waals surface area contributed by atoms with Gasteiger partial charge in [0.25, 0.3) is 0 Å². The molecule has 4 aromatic carbocycles. The van der Waals surface area contributed by atoms with E-state index in [2.05, 4.69) is 5.87 Å². The molecule has 0 aliphatic heterocycles. The van der Waals surface area contributed by atoms with Crippen molar-refractivity contribution in [3.63, 3.8) is 0 Å². The Morgan fingerprint density at radius 2 is 1.24 bits per heavy atom. The molecule has 1 heterocycles. The molecular formula is C34H27NO6P+. The first-order valence-corrected chi connectivity index (χ1v) is 14.8. The number of rotatable bonds is 9. The summed E-state index contributed by atoms with van der Waals surface area (Å²) in [6.45, 7) is 0. The topological polar surface area (TPSA) is 110 Å². The predicted molar refractivity (Wildman–Crippen MR) is 165 cm³/mol. The molecule has 0 spiro atoms. The second kappa shape index (κ2) is 12.1. The summed E-state index contributed by atoms with van der Waals surface area (Å²) in [7, 11) is -0.332. The average molecular weight is 577 g/mol. The second-order valence-corrected chi connectivity index (χ2v) is 12.5. The fraction of sp³-hybridized carbons (Fsp3) is 0.0588. The van der Waals surface area contributed by atoms with Crippen LogP contribution in [0.3, 0.4) is 0 Å². The van der Waals surface area contributed by atoms with Crippen LogP contribution in [0.25, 0.3) is 5.57 Å². The number of hydrogen-bond acceptors (Lipinski definition) is 7. The van der Waals surface area contributed by atoms with Gasteiger partial charge in [-0.25, -0.2) is 4.79 Å². The fourth-order valence-corrected chi connectivity index (χ4v) is 9.58. The van der Waals surface area contributed by atoms with Gasteiger partial charge >= 0.3 is 11.9 Å². The first-order valence-electron chi connectivity index (χ1n) is 13.0. The van der Waals surface area contributed by atoms with E-state index >= 15 is 0 Å². The smallest absolute Gasteiger partial charge is 0.346 e. The monoisotopic (exact) mass is 576 g/mol. The first-order chi connectivity index (χ1) is 20.5. The third kappa shape index (κ3) is 4.71. The zero-order chi connectivity index (χ0) is 29.7. The van der Waals surface area contributed by atoms with E-state index in [9.17, 15) is 14.7 Å². The van der Waals surface area contributed by atoms with Gasteiger partial charge in [-0.05, 0) is 54.4 Å². The Labute approximate surface area is 243 Å². The van der Waals surface area contributed by atoms with Crippen LogP contribution in [0.4, 0.5) is 0 Å². The molecule has 0 saturated heterocycles. The maximum Gasteiger partial charge on any atom is 0.346 e. The Kier molecular flexibility index (Phi) is 8.16. The largest absolute Gasteiger partial charge is 0.507 e. The van der Waals surface area contributed by atoms with E-state index in [4.69, 9.17) is 19.3 Å². The van der Waals surface area contributed by atoms with Gasteiger partial charge in [-0.15, -0.1) is 0 Å². The molecule has 0 saturated carbocycles. The number of aromatic hydroxyl groups is 1. The zero-order valence-corrected chi connectivity index (χ0v) is 23.8. The van der Waals surface area contributed by atoms with Gasteiger partial charge in [0.15, 0.2) is 18.6 Å². The Morgan fingerprint density at radius 3 is 1.67 bits per heavy atom. The lowest BCUT2D eigenvalue weighted by molar-refractivity contribution is 0.0601. The third-order valence-corrected chi connectivity index (χ3v) is 11.2. The quantitative estimate of drug-likeness (QED) is 0.0848. The number of para-hydroxylation sites is 1. The number of ketones is 1. The normalized spacial score (nSPS) is 10.9. The number of hydrogen-bond donors (Lipinski definition) is 2. The SMILES string of the molecule is COC(=O)c1c(C(=C=N)C(=O)c2ccccc2O)oc(OC)c1[P+](c1ccccc1)(c1ccccc1)c1ccccc1. The Morgan fingerprint density at radius 1 is 0.762 bits per heavy atom. The van der Waals surface area contributed by atoms with Crippen molar-refractivity contribution in [2.45, 2.75) is 0 Å². The van der Waals surface area contributed by atoms with E-state index in [0.717, 1.165) is 15.9 Å². The summed E-state index contributed by atoms with van der Waals surface area (Å²) in [5, 5.41) is 21.6. The minimum Gasteiger partial charge on any atom is -0.507 e. The molecule has 0 atom stereocenters. The van der Waals surface area contributed by atoms with Gasteiger partial charge in [-0.1, -0.05) is 66.7 Å². The van der Waals surface area contributed by atoms with E-state index in [1.54, 1.807) is 12.1 Å². The molecule has 0 unspecified atom stereocenters. The van der Waals surface area contributed by atoms with Crippen LogP contribution in [0.2, 0.25) is 0 Å². The molecule has 8 heteroatoms. The number of phenols is 1. The van der Waals surface area contributed by atoms with Gasteiger partial charge in [0.2, 0.25) is 11.1 Å². The van der Waals surface area contributed by atoms with Crippen molar-refractivity contribution in [1.82, 2.24) is 0 Å². The number of nitrogens with one attached hydrogen (secondary N) is 1. The number of carbonyl (C=O) groups excluding carboxylic acids is 2. The van der Waals surface area contributed by atoms with Crippen molar-refractivity contribution >= 4 is 51.7 Å². The fourth-order valence-electron chi connectivity index (χ4n) is 5.12. The summed E-state index contributed by atoms with van der Waals surface area (Å²) in [5.41, 5.74) is -0.498. The van der Waals surface area contributed by atoms with Gasteiger partial charge in [0, 0.05) is 0 Å². The van der Waals surface area contributed by atoms with Crippen LogP contribution in [0.1, 0.15) is 26.5 Å². The molecular weight excluding hydrogens is 549 g/mol. The molecule has 42 heavy (non-hydrogen) atoms. The summed E-state index contributed by atoms with van der Waals surface area (Å²) in [5.74, 6) is 0.106. The highest BCUT2D eigenvalue weighted by Gasteiger charge is 2.56. The number of methoxy groups -OCH3 is 2. The number of esters is 1. The molecule has 0 aliphatic carbocycles. The molecule has 208 valence electrons. The number of furan rings is 1. The minimum atomic E-state index is -2.99. The van der Waals surface area contributed by atoms with Gasteiger partial charge in [-0.3, -0.25) is 10.2 Å². The van der Waals surface area contributed by atoms with Crippen LogP contribution >= 0.6 is 7.26 Å². The standard InChI is InChI=1S/C34H26NO6P/c1-39-33(38)29-31(27(22-35)30(37)26-20-12-13-21-28(26)36)41-34(40-2)32(29)42(23-14-6-3-7-15-23,24-16-8-4-9-17-24)25-18-10-5-11-19-25/h3-21,35H,1-2H3/p+1. The summed E-state index contributed by atoms with van der Waals surface area (Å²) < 4.78 is 17.3. The number of allylic oxidation sites excluding steroid dienone is 1. The van der Waals surface area contributed by atoms with Gasteiger partial charge in [0.05, 0.1) is 19.8 Å². The molecule has 0 radical (unpaired) electrons. The lowest BCUT2D eigenvalue weighted by Gasteiger charge is -2.27. The van der Waals surface area contributed by atoms with Crippen molar-refractivity contribution < 1.29 is 28.6 Å². The van der Waals surface area contributed by atoms with Crippen LogP contribution in [-0.2, 0) is 4.74 Å². The van der Waals surface area contributed by atoms with Crippen molar-refractivity contribution in [3.8, 4) is 11.7 Å². The highest BCUT2D eigenvalue weighted by Crippen LogP contribution is 2.58. The molecule has 0 aliphatic rings. The summed E-state index contributed by atoms with van der Waals surface area (Å²) in [6, 6.07) is 35.1. The van der Waals surface area contributed by atoms with E-state index in [1.807, 2.05) is 91.0 Å². The molecule has 2 N–H and O–H groups in total. The number of Topliss-reactive ketones (excluding diaryl/α,β-unsaturated/α-hetero) is 1. The number of ether oxygens (including phenoxy) is 2. The maximum atomic E-state index is 13.8. The molecule has 1 aromatic heterocycles. The van der Waals surface area contributed by atoms with E-state index in [1.165, 1.54) is 26.4 Å². The molecule has 0 bridgehead atoms. The van der Waals surface area contributed by atoms with Crippen LogP contribution < -0.4 is 26.0 Å². The number of carbonyl (C=O) groups is 2. The maximum absolute atomic E-state index is 13.8. The number of phenolic OH excluding ortho intramolecular Hbond substituents is 1. The molecule has 0 amide bonds. The van der Waals surface area contributed by atoms with Crippen molar-refractivity contribution in [3.05, 3.63) is 132 Å². The van der Waals surface area contributed by atoms with Crippen LogP contribution in [0.5, 0.6) is 11.7 Å². The highest BCUT2D eigenvalue weighted by atomic mass is 31.2. The van der Waals surface area contributed by atoms with Crippen molar-refractivity contribution in [1.29, 1.82) is 5.41 Å². The summed E-state index contributed by atoms with van der Waals surface area (Å²) in [6.07, 6.45) is 0. The first kappa shape index (κ1) is 28.3.